The highest BCUT2D eigenvalue weighted by Gasteiger charge is 2.27. The number of rotatable bonds is 3. The van der Waals surface area contributed by atoms with Crippen LogP contribution in [-0.4, -0.2) is 34.1 Å². The molecule has 0 bridgehead atoms. The van der Waals surface area contributed by atoms with E-state index in [9.17, 15) is 9.90 Å². The van der Waals surface area contributed by atoms with Crippen LogP contribution in [0, 0.1) is 5.92 Å². The Morgan fingerprint density at radius 3 is 2.92 bits per heavy atom. The van der Waals surface area contributed by atoms with Gasteiger partial charge in [-0.15, -0.1) is 0 Å². The van der Waals surface area contributed by atoms with Gasteiger partial charge in [-0.05, 0) is 36.4 Å². The van der Waals surface area contributed by atoms with Gasteiger partial charge in [-0.2, -0.15) is 11.3 Å². The molecular formula is C18H17N3O2S. The molecule has 2 aromatic heterocycles. The highest BCUT2D eigenvalue weighted by Crippen LogP contribution is 2.31. The molecule has 0 amide bonds. The Kier molecular flexibility index (Phi) is 3.90. The van der Waals surface area contributed by atoms with Crippen molar-refractivity contribution in [3.63, 3.8) is 0 Å². The summed E-state index contributed by atoms with van der Waals surface area (Å²) in [6, 6.07) is 9.93. The number of piperidine rings is 1. The topological polar surface area (TPSA) is 66.3 Å². The van der Waals surface area contributed by atoms with Gasteiger partial charge in [0.1, 0.15) is 5.82 Å². The van der Waals surface area contributed by atoms with E-state index < -0.39 is 5.97 Å². The number of nitrogens with zero attached hydrogens (tertiary/aromatic N) is 3. The molecule has 1 saturated heterocycles. The average Bonchev–Trinajstić information content (AvgIpc) is 3.15. The molecule has 6 heteroatoms. The van der Waals surface area contributed by atoms with Gasteiger partial charge in [0.25, 0.3) is 0 Å². The number of hydrogen-bond acceptors (Lipinski definition) is 5. The molecule has 4 rings (SSSR count). The first-order valence-electron chi connectivity index (χ1n) is 7.99. The summed E-state index contributed by atoms with van der Waals surface area (Å²) in [5, 5.41) is 14.4. The lowest BCUT2D eigenvalue weighted by atomic mass is 9.98. The number of para-hydroxylation sites is 1. The molecule has 0 radical (unpaired) electrons. The van der Waals surface area contributed by atoms with E-state index in [4.69, 9.17) is 4.98 Å². The van der Waals surface area contributed by atoms with Gasteiger partial charge >= 0.3 is 5.97 Å². The molecule has 24 heavy (non-hydrogen) atoms. The van der Waals surface area contributed by atoms with Crippen LogP contribution in [0.1, 0.15) is 12.8 Å². The Bertz CT molecular complexity index is 879. The number of carbonyl (C=O) groups is 1. The van der Waals surface area contributed by atoms with Crippen molar-refractivity contribution in [2.45, 2.75) is 12.8 Å². The van der Waals surface area contributed by atoms with Crippen molar-refractivity contribution >= 4 is 34.0 Å². The first-order valence-corrected chi connectivity index (χ1v) is 8.94. The third-order valence-electron chi connectivity index (χ3n) is 4.43. The largest absolute Gasteiger partial charge is 0.481 e. The van der Waals surface area contributed by atoms with Crippen molar-refractivity contribution < 1.29 is 9.90 Å². The Morgan fingerprint density at radius 2 is 2.12 bits per heavy atom. The predicted octanol–water partition coefficient (Wildman–Crippen LogP) is 3.66. The minimum absolute atomic E-state index is 0.336. The number of thiophene rings is 1. The predicted molar refractivity (Wildman–Crippen MR) is 95.4 cm³/mol. The summed E-state index contributed by atoms with van der Waals surface area (Å²) in [5.41, 5.74) is 1.89. The Balaban J connectivity index is 1.82. The van der Waals surface area contributed by atoms with Crippen LogP contribution in [-0.2, 0) is 4.79 Å². The van der Waals surface area contributed by atoms with Crippen LogP contribution in [0.4, 0.5) is 5.82 Å². The number of hydrogen-bond donors (Lipinski definition) is 1. The van der Waals surface area contributed by atoms with Crippen molar-refractivity contribution in [3.8, 4) is 11.4 Å². The van der Waals surface area contributed by atoms with Gasteiger partial charge in [0.05, 0.1) is 11.4 Å². The van der Waals surface area contributed by atoms with E-state index in [0.717, 1.165) is 41.7 Å². The maximum atomic E-state index is 11.4. The molecule has 1 fully saturated rings. The zero-order chi connectivity index (χ0) is 16.5. The summed E-state index contributed by atoms with van der Waals surface area (Å²) in [6.45, 7) is 1.33. The molecule has 0 saturated carbocycles. The second kappa shape index (κ2) is 6.20. The minimum Gasteiger partial charge on any atom is -0.481 e. The molecule has 0 spiro atoms. The second-order valence-electron chi connectivity index (χ2n) is 6.02. The SMILES string of the molecule is O=C(O)[C@H]1CCCN(c2nc(-c3ccsc3)nc3ccccc23)C1. The zero-order valence-electron chi connectivity index (χ0n) is 13.1. The molecule has 122 valence electrons. The molecule has 1 N–H and O–H groups in total. The van der Waals surface area contributed by atoms with E-state index in [1.165, 1.54) is 0 Å². The lowest BCUT2D eigenvalue weighted by molar-refractivity contribution is -0.141. The van der Waals surface area contributed by atoms with Gasteiger partial charge in [0.15, 0.2) is 5.82 Å². The number of benzene rings is 1. The lowest BCUT2D eigenvalue weighted by Crippen LogP contribution is -2.39. The summed E-state index contributed by atoms with van der Waals surface area (Å²) in [7, 11) is 0. The summed E-state index contributed by atoms with van der Waals surface area (Å²) < 4.78 is 0. The number of aromatic nitrogens is 2. The molecule has 3 aromatic rings. The highest BCUT2D eigenvalue weighted by atomic mass is 32.1. The summed E-state index contributed by atoms with van der Waals surface area (Å²) >= 11 is 1.61. The lowest BCUT2D eigenvalue weighted by Gasteiger charge is -2.32. The molecule has 0 unspecified atom stereocenters. The fraction of sp³-hybridized carbons (Fsp3) is 0.278. The number of fused-ring (bicyclic) bond motifs is 1. The summed E-state index contributed by atoms with van der Waals surface area (Å²) in [6.07, 6.45) is 1.59. The molecular weight excluding hydrogens is 322 g/mol. The maximum absolute atomic E-state index is 11.4. The van der Waals surface area contributed by atoms with Crippen LogP contribution >= 0.6 is 11.3 Å². The van der Waals surface area contributed by atoms with E-state index in [-0.39, 0.29) is 5.92 Å². The quantitative estimate of drug-likeness (QED) is 0.789. The van der Waals surface area contributed by atoms with Crippen molar-refractivity contribution in [1.82, 2.24) is 9.97 Å². The second-order valence-corrected chi connectivity index (χ2v) is 6.80. The number of aliphatic carboxylic acids is 1. The van der Waals surface area contributed by atoms with E-state index in [1.54, 1.807) is 11.3 Å². The molecule has 5 nitrogen and oxygen atoms in total. The Morgan fingerprint density at radius 1 is 1.25 bits per heavy atom. The number of carboxylic acid groups (broad SMARTS) is 1. The van der Waals surface area contributed by atoms with Crippen molar-refractivity contribution in [1.29, 1.82) is 0 Å². The fourth-order valence-corrected chi connectivity index (χ4v) is 3.83. The smallest absolute Gasteiger partial charge is 0.308 e. The maximum Gasteiger partial charge on any atom is 0.308 e. The molecule has 1 aromatic carbocycles. The molecule has 1 aliphatic heterocycles. The van der Waals surface area contributed by atoms with Gasteiger partial charge in [-0.3, -0.25) is 4.79 Å². The number of anilines is 1. The normalized spacial score (nSPS) is 18.0. The third kappa shape index (κ3) is 2.73. The Hall–Kier alpha value is -2.47. The fourth-order valence-electron chi connectivity index (χ4n) is 3.19. The molecule has 1 atom stereocenters. The standard InChI is InChI=1S/C18H17N3O2S/c22-18(23)12-4-3-8-21(10-12)17-14-5-1-2-6-15(14)19-16(20-17)13-7-9-24-11-13/h1-2,5-7,9,11-12H,3-4,8,10H2,(H,22,23)/t12-/m0/s1. The minimum atomic E-state index is -0.726. The van der Waals surface area contributed by atoms with E-state index in [2.05, 4.69) is 9.88 Å². The van der Waals surface area contributed by atoms with E-state index in [0.29, 0.717) is 12.4 Å². The monoisotopic (exact) mass is 339 g/mol. The summed E-state index contributed by atoms with van der Waals surface area (Å²) in [4.78, 5) is 23.0. The Labute approximate surface area is 143 Å². The van der Waals surface area contributed by atoms with Crippen molar-refractivity contribution in [2.75, 3.05) is 18.0 Å². The molecule has 0 aliphatic carbocycles. The van der Waals surface area contributed by atoms with Gasteiger partial charge in [-0.1, -0.05) is 12.1 Å². The first-order chi connectivity index (χ1) is 11.7. The van der Waals surface area contributed by atoms with Crippen LogP contribution in [0.15, 0.2) is 41.1 Å². The van der Waals surface area contributed by atoms with E-state index >= 15 is 0 Å². The van der Waals surface area contributed by atoms with Crippen LogP contribution < -0.4 is 4.90 Å². The van der Waals surface area contributed by atoms with Gasteiger partial charge in [-0.25, -0.2) is 9.97 Å². The highest BCUT2D eigenvalue weighted by molar-refractivity contribution is 7.08. The van der Waals surface area contributed by atoms with Gasteiger partial charge < -0.3 is 10.0 Å². The first kappa shape index (κ1) is 15.1. The zero-order valence-corrected chi connectivity index (χ0v) is 13.9. The third-order valence-corrected chi connectivity index (χ3v) is 5.12. The van der Waals surface area contributed by atoms with Crippen LogP contribution in [0.3, 0.4) is 0 Å². The van der Waals surface area contributed by atoms with Gasteiger partial charge in [0, 0.05) is 29.4 Å². The van der Waals surface area contributed by atoms with Crippen molar-refractivity contribution in [2.24, 2.45) is 5.92 Å². The van der Waals surface area contributed by atoms with Crippen LogP contribution in [0.25, 0.3) is 22.3 Å². The van der Waals surface area contributed by atoms with E-state index in [1.807, 2.05) is 41.1 Å². The summed E-state index contributed by atoms with van der Waals surface area (Å²) in [5.74, 6) is 0.475. The van der Waals surface area contributed by atoms with Crippen LogP contribution in [0.5, 0.6) is 0 Å². The van der Waals surface area contributed by atoms with Crippen molar-refractivity contribution in [3.05, 3.63) is 41.1 Å². The average molecular weight is 339 g/mol. The molecule has 1 aliphatic rings. The van der Waals surface area contributed by atoms with Crippen LogP contribution in [0.2, 0.25) is 0 Å². The molecule has 3 heterocycles. The number of carboxylic acids is 1. The van der Waals surface area contributed by atoms with Gasteiger partial charge in [0.2, 0.25) is 0 Å².